The molecule has 6 heteroatoms. The van der Waals surface area contributed by atoms with Crippen LogP contribution in [0.5, 0.6) is 0 Å². The van der Waals surface area contributed by atoms with Crippen molar-refractivity contribution < 1.29 is 9.21 Å². The zero-order chi connectivity index (χ0) is 16.1. The fraction of sp³-hybridized carbons (Fsp3) is 0.471. The quantitative estimate of drug-likeness (QED) is 0.915. The summed E-state index contributed by atoms with van der Waals surface area (Å²) in [6.07, 6.45) is 3.42. The molecule has 1 amide bonds. The zero-order valence-electron chi connectivity index (χ0n) is 13.4. The second kappa shape index (κ2) is 7.37. The number of aryl methyl sites for hydroxylation is 1. The Labute approximate surface area is 135 Å². The number of rotatable bonds is 5. The average Bonchev–Trinajstić information content (AvgIpc) is 2.99. The van der Waals surface area contributed by atoms with E-state index in [2.05, 4.69) is 20.4 Å². The fourth-order valence-electron chi connectivity index (χ4n) is 2.98. The Bertz CT molecular complexity index is 641. The van der Waals surface area contributed by atoms with Gasteiger partial charge in [-0.05, 0) is 31.5 Å². The lowest BCUT2D eigenvalue weighted by atomic mass is 10.0. The number of carbonyl (C=O) groups excluding carboxylic acids is 1. The highest BCUT2D eigenvalue weighted by Gasteiger charge is 2.24. The summed E-state index contributed by atoms with van der Waals surface area (Å²) in [5, 5.41) is 11.0. The average molecular weight is 314 g/mol. The van der Waals surface area contributed by atoms with Crippen LogP contribution in [0, 0.1) is 6.92 Å². The monoisotopic (exact) mass is 314 g/mol. The second-order valence-corrected chi connectivity index (χ2v) is 5.91. The third kappa shape index (κ3) is 4.16. The normalized spacial score (nSPS) is 18.7. The Kier molecular flexibility index (Phi) is 5.02. The van der Waals surface area contributed by atoms with Crippen molar-refractivity contribution >= 4 is 5.91 Å². The van der Waals surface area contributed by atoms with Crippen molar-refractivity contribution in [2.75, 3.05) is 13.1 Å². The number of nitrogens with zero attached hydrogens (tertiary/aromatic N) is 3. The summed E-state index contributed by atoms with van der Waals surface area (Å²) in [6, 6.07) is 9.62. The maximum absolute atomic E-state index is 12.2. The predicted octanol–water partition coefficient (Wildman–Crippen LogP) is 2.16. The van der Waals surface area contributed by atoms with Crippen LogP contribution in [0.25, 0.3) is 0 Å². The van der Waals surface area contributed by atoms with E-state index in [0.29, 0.717) is 36.5 Å². The molecular formula is C17H22N4O2. The molecule has 2 heterocycles. The molecule has 1 aromatic heterocycles. The van der Waals surface area contributed by atoms with Crippen LogP contribution in [0.15, 0.2) is 34.7 Å². The maximum Gasteiger partial charge on any atom is 0.251 e. The van der Waals surface area contributed by atoms with Gasteiger partial charge in [-0.3, -0.25) is 9.69 Å². The molecule has 0 aliphatic carbocycles. The second-order valence-electron chi connectivity index (χ2n) is 5.91. The topological polar surface area (TPSA) is 71.3 Å². The Morgan fingerprint density at radius 1 is 1.30 bits per heavy atom. The minimum Gasteiger partial charge on any atom is -0.424 e. The van der Waals surface area contributed by atoms with E-state index in [9.17, 15) is 4.79 Å². The van der Waals surface area contributed by atoms with Gasteiger partial charge >= 0.3 is 0 Å². The van der Waals surface area contributed by atoms with Crippen molar-refractivity contribution in [3.8, 4) is 0 Å². The molecule has 1 aliphatic heterocycles. The van der Waals surface area contributed by atoms with E-state index in [1.54, 1.807) is 6.92 Å². The molecule has 0 radical (unpaired) electrons. The van der Waals surface area contributed by atoms with Crippen LogP contribution in [0.2, 0.25) is 0 Å². The minimum absolute atomic E-state index is 0.0234. The highest BCUT2D eigenvalue weighted by Crippen LogP contribution is 2.19. The van der Waals surface area contributed by atoms with Crippen molar-refractivity contribution in [1.29, 1.82) is 0 Å². The van der Waals surface area contributed by atoms with Crippen LogP contribution >= 0.6 is 0 Å². The molecule has 3 rings (SSSR count). The van der Waals surface area contributed by atoms with Gasteiger partial charge in [-0.1, -0.05) is 24.6 Å². The van der Waals surface area contributed by atoms with Crippen LogP contribution in [0.1, 0.15) is 41.4 Å². The van der Waals surface area contributed by atoms with Crippen molar-refractivity contribution in [2.45, 2.75) is 38.8 Å². The van der Waals surface area contributed by atoms with Gasteiger partial charge in [-0.25, -0.2) is 0 Å². The van der Waals surface area contributed by atoms with Gasteiger partial charge in [0.15, 0.2) is 0 Å². The fourth-order valence-corrected chi connectivity index (χ4v) is 2.98. The van der Waals surface area contributed by atoms with E-state index in [0.717, 1.165) is 19.4 Å². The summed E-state index contributed by atoms with van der Waals surface area (Å²) in [5.41, 5.74) is 0.697. The van der Waals surface area contributed by atoms with E-state index in [-0.39, 0.29) is 5.91 Å². The molecule has 1 N–H and O–H groups in total. The van der Waals surface area contributed by atoms with E-state index in [4.69, 9.17) is 4.42 Å². The number of likely N-dealkylation sites (tertiary alicyclic amines) is 1. The minimum atomic E-state index is -0.0234. The standard InChI is InChI=1S/C17H22N4O2/c1-13-19-20-16(23-13)12-21-10-6-5-9-15(21)11-18-17(22)14-7-3-2-4-8-14/h2-4,7-8,15H,5-6,9-12H2,1H3,(H,18,22)/t15-/m0/s1. The molecule has 2 aromatic rings. The number of hydrogen-bond donors (Lipinski definition) is 1. The summed E-state index contributed by atoms with van der Waals surface area (Å²) < 4.78 is 5.48. The number of hydrogen-bond acceptors (Lipinski definition) is 5. The van der Waals surface area contributed by atoms with Crippen molar-refractivity contribution in [2.24, 2.45) is 0 Å². The summed E-state index contributed by atoms with van der Waals surface area (Å²) in [5.74, 6) is 1.21. The first-order valence-electron chi connectivity index (χ1n) is 8.08. The molecule has 1 aliphatic rings. The number of amides is 1. The number of benzene rings is 1. The lowest BCUT2D eigenvalue weighted by molar-refractivity contribution is 0.0897. The molecule has 1 fully saturated rings. The van der Waals surface area contributed by atoms with Gasteiger partial charge in [-0.15, -0.1) is 10.2 Å². The molecule has 0 unspecified atom stereocenters. The van der Waals surface area contributed by atoms with Crippen LogP contribution in [-0.4, -0.2) is 40.1 Å². The number of aromatic nitrogens is 2. The highest BCUT2D eigenvalue weighted by atomic mass is 16.4. The van der Waals surface area contributed by atoms with Gasteiger partial charge in [0, 0.05) is 25.1 Å². The molecule has 1 aromatic carbocycles. The first kappa shape index (κ1) is 15.7. The predicted molar refractivity (Wildman–Crippen MR) is 85.9 cm³/mol. The summed E-state index contributed by atoms with van der Waals surface area (Å²) >= 11 is 0. The van der Waals surface area contributed by atoms with E-state index >= 15 is 0 Å². The third-order valence-corrected chi connectivity index (χ3v) is 4.19. The third-order valence-electron chi connectivity index (χ3n) is 4.19. The number of piperidine rings is 1. The largest absolute Gasteiger partial charge is 0.424 e. The molecular weight excluding hydrogens is 292 g/mol. The van der Waals surface area contributed by atoms with Crippen LogP contribution < -0.4 is 5.32 Å². The van der Waals surface area contributed by atoms with Crippen molar-refractivity contribution in [1.82, 2.24) is 20.4 Å². The Morgan fingerprint density at radius 2 is 2.13 bits per heavy atom. The first-order valence-corrected chi connectivity index (χ1v) is 8.08. The Balaban J connectivity index is 1.57. The Hall–Kier alpha value is -2.21. The first-order chi connectivity index (χ1) is 11.2. The molecule has 6 nitrogen and oxygen atoms in total. The Morgan fingerprint density at radius 3 is 2.87 bits per heavy atom. The molecule has 1 saturated heterocycles. The summed E-state index contributed by atoms with van der Waals surface area (Å²) in [6.45, 7) is 4.07. The van der Waals surface area contributed by atoms with Gasteiger partial charge < -0.3 is 9.73 Å². The van der Waals surface area contributed by atoms with E-state index in [1.807, 2.05) is 30.3 Å². The van der Waals surface area contributed by atoms with Crippen molar-refractivity contribution in [3.05, 3.63) is 47.7 Å². The van der Waals surface area contributed by atoms with Gasteiger partial charge in [0.1, 0.15) is 0 Å². The lowest BCUT2D eigenvalue weighted by Gasteiger charge is -2.34. The lowest BCUT2D eigenvalue weighted by Crippen LogP contribution is -2.46. The zero-order valence-corrected chi connectivity index (χ0v) is 13.4. The van der Waals surface area contributed by atoms with Crippen LogP contribution in [0.4, 0.5) is 0 Å². The van der Waals surface area contributed by atoms with Gasteiger partial charge in [0.25, 0.3) is 5.91 Å². The molecule has 122 valence electrons. The summed E-state index contributed by atoms with van der Waals surface area (Å²) in [4.78, 5) is 14.5. The summed E-state index contributed by atoms with van der Waals surface area (Å²) in [7, 11) is 0. The van der Waals surface area contributed by atoms with Crippen molar-refractivity contribution in [3.63, 3.8) is 0 Å². The van der Waals surface area contributed by atoms with Crippen LogP contribution in [0.3, 0.4) is 0 Å². The van der Waals surface area contributed by atoms with Crippen LogP contribution in [-0.2, 0) is 6.54 Å². The van der Waals surface area contributed by atoms with Gasteiger partial charge in [0.05, 0.1) is 6.54 Å². The molecule has 23 heavy (non-hydrogen) atoms. The number of nitrogens with one attached hydrogen (secondary N) is 1. The molecule has 0 spiro atoms. The smallest absolute Gasteiger partial charge is 0.251 e. The molecule has 0 bridgehead atoms. The molecule has 1 atom stereocenters. The maximum atomic E-state index is 12.2. The SMILES string of the molecule is Cc1nnc(CN2CCCC[C@H]2CNC(=O)c2ccccc2)o1. The van der Waals surface area contributed by atoms with E-state index < -0.39 is 0 Å². The van der Waals surface area contributed by atoms with Gasteiger partial charge in [0.2, 0.25) is 11.8 Å². The number of carbonyl (C=O) groups is 1. The molecule has 0 saturated carbocycles. The van der Waals surface area contributed by atoms with Gasteiger partial charge in [-0.2, -0.15) is 0 Å². The van der Waals surface area contributed by atoms with E-state index in [1.165, 1.54) is 6.42 Å². The highest BCUT2D eigenvalue weighted by molar-refractivity contribution is 5.94.